The summed E-state index contributed by atoms with van der Waals surface area (Å²) in [5.74, 6) is -0.678. The fourth-order valence-electron chi connectivity index (χ4n) is 3.85. The molecule has 0 aromatic rings. The van der Waals surface area contributed by atoms with E-state index in [1.807, 2.05) is 19.1 Å². The molecule has 5 nitrogen and oxygen atoms in total. The molecule has 0 spiro atoms. The molecule has 0 bridgehead atoms. The lowest BCUT2D eigenvalue weighted by atomic mass is 9.78. The number of hydrogen-bond acceptors (Lipinski definition) is 5. The first-order valence-electron chi connectivity index (χ1n) is 13.9. The molecule has 6 heteroatoms. The third-order valence-electron chi connectivity index (χ3n) is 8.04. The highest BCUT2D eigenvalue weighted by molar-refractivity contribution is 6.74. The predicted octanol–water partition coefficient (Wildman–Crippen LogP) is 8.73. The Kier molecular flexibility index (Phi) is 15.4. The van der Waals surface area contributed by atoms with Gasteiger partial charge in [0.2, 0.25) is 0 Å². The van der Waals surface area contributed by atoms with Crippen molar-refractivity contribution in [1.29, 1.82) is 0 Å². The average Bonchev–Trinajstić information content (AvgIpc) is 2.83. The van der Waals surface area contributed by atoms with Gasteiger partial charge in [-0.3, -0.25) is 9.59 Å². The molecule has 0 saturated heterocycles. The zero-order valence-corrected chi connectivity index (χ0v) is 27.5. The molecule has 0 heterocycles. The molecular weight excluding hydrogens is 492 g/mol. The molecule has 1 unspecified atom stereocenters. The molecule has 0 rings (SSSR count). The number of ether oxygens (including phenoxy) is 2. The molecule has 0 N–H and O–H groups in total. The standard InChI is InChI=1S/C32H56O5Si/c1-14-17-28(37-38(12,13)31(7,8)9)27(6)19-15-18-25(4)21-23-32(29(33)35-10,30(34)36-11)22-16-20-26(5)24(2)3/h14,19-21,24,28H,1,15-18,22-23H2,2-13H3/b25-21+,26-20+,27-19+. The molecule has 0 aromatic heterocycles. The van der Waals surface area contributed by atoms with Gasteiger partial charge >= 0.3 is 11.9 Å². The number of allylic oxidation sites excluding steroid dienone is 5. The molecule has 38 heavy (non-hydrogen) atoms. The van der Waals surface area contributed by atoms with Crippen LogP contribution in [0.5, 0.6) is 0 Å². The van der Waals surface area contributed by atoms with Crippen LogP contribution in [0, 0.1) is 11.3 Å². The number of hydrogen-bond donors (Lipinski definition) is 0. The zero-order valence-electron chi connectivity index (χ0n) is 26.5. The van der Waals surface area contributed by atoms with Gasteiger partial charge < -0.3 is 13.9 Å². The van der Waals surface area contributed by atoms with Gasteiger partial charge in [0, 0.05) is 0 Å². The minimum absolute atomic E-state index is 0.0336. The zero-order chi connectivity index (χ0) is 29.7. The van der Waals surface area contributed by atoms with Crippen molar-refractivity contribution >= 4 is 20.3 Å². The van der Waals surface area contributed by atoms with Crippen molar-refractivity contribution in [3.05, 3.63) is 47.6 Å². The molecule has 1 atom stereocenters. The molecule has 0 amide bonds. The first-order valence-corrected chi connectivity index (χ1v) is 16.8. The van der Waals surface area contributed by atoms with Gasteiger partial charge in [-0.15, -0.1) is 6.58 Å². The van der Waals surface area contributed by atoms with Gasteiger partial charge in [-0.1, -0.05) is 70.1 Å². The highest BCUT2D eigenvalue weighted by Crippen LogP contribution is 2.38. The van der Waals surface area contributed by atoms with Gasteiger partial charge in [0.15, 0.2) is 13.7 Å². The van der Waals surface area contributed by atoms with E-state index in [9.17, 15) is 9.59 Å². The third kappa shape index (κ3) is 11.1. The summed E-state index contributed by atoms with van der Waals surface area (Å²) in [5.41, 5.74) is 2.21. The molecule has 218 valence electrons. The summed E-state index contributed by atoms with van der Waals surface area (Å²) in [7, 11) is 0.741. The Morgan fingerprint density at radius 3 is 1.87 bits per heavy atom. The van der Waals surface area contributed by atoms with Crippen molar-refractivity contribution in [1.82, 2.24) is 0 Å². The van der Waals surface area contributed by atoms with Gasteiger partial charge in [0.1, 0.15) is 0 Å². The van der Waals surface area contributed by atoms with Crippen molar-refractivity contribution in [2.75, 3.05) is 14.2 Å². The van der Waals surface area contributed by atoms with Gasteiger partial charge in [0.05, 0.1) is 20.3 Å². The summed E-state index contributed by atoms with van der Waals surface area (Å²) >= 11 is 0. The maximum Gasteiger partial charge on any atom is 0.323 e. The summed E-state index contributed by atoms with van der Waals surface area (Å²) in [5, 5.41) is 0.140. The van der Waals surface area contributed by atoms with E-state index in [1.165, 1.54) is 25.4 Å². The molecule has 0 aromatic carbocycles. The second-order valence-corrected chi connectivity index (χ2v) is 17.1. The normalized spacial score (nSPS) is 14.9. The lowest BCUT2D eigenvalue weighted by Crippen LogP contribution is -2.44. The second kappa shape index (κ2) is 16.2. The SMILES string of the molecule is C=CCC(O[Si](C)(C)C(C)(C)C)/C(C)=C/CC/C(C)=C/CC(CC/C=C(\C)C(C)C)(C(=O)OC)C(=O)OC. The van der Waals surface area contributed by atoms with E-state index in [-0.39, 0.29) is 17.6 Å². The highest BCUT2D eigenvalue weighted by Gasteiger charge is 2.47. The van der Waals surface area contributed by atoms with Crippen molar-refractivity contribution in [3.8, 4) is 0 Å². The van der Waals surface area contributed by atoms with Gasteiger partial charge in [0.25, 0.3) is 0 Å². The van der Waals surface area contributed by atoms with E-state index in [1.54, 1.807) is 0 Å². The summed E-state index contributed by atoms with van der Waals surface area (Å²) in [6.07, 6.45) is 11.9. The number of carbonyl (C=O) groups excluding carboxylic acids is 2. The largest absolute Gasteiger partial charge is 0.468 e. The summed E-state index contributed by atoms with van der Waals surface area (Å²) < 4.78 is 16.8. The third-order valence-corrected chi connectivity index (χ3v) is 12.5. The van der Waals surface area contributed by atoms with E-state index < -0.39 is 25.7 Å². The van der Waals surface area contributed by atoms with Crippen LogP contribution in [0.25, 0.3) is 0 Å². The Labute approximate surface area is 234 Å². The fraction of sp³-hybridized carbons (Fsp3) is 0.688. The van der Waals surface area contributed by atoms with Crippen LogP contribution in [0.15, 0.2) is 47.6 Å². The van der Waals surface area contributed by atoms with Crippen LogP contribution < -0.4 is 0 Å². The van der Waals surface area contributed by atoms with Gasteiger partial charge in [-0.2, -0.15) is 0 Å². The Morgan fingerprint density at radius 1 is 0.895 bits per heavy atom. The summed E-state index contributed by atoms with van der Waals surface area (Å²) in [6, 6.07) is 0. The van der Waals surface area contributed by atoms with Crippen molar-refractivity contribution in [2.45, 2.75) is 118 Å². The molecule has 0 aliphatic heterocycles. The lowest BCUT2D eigenvalue weighted by molar-refractivity contribution is -0.169. The second-order valence-electron chi connectivity index (χ2n) is 12.3. The number of carbonyl (C=O) groups is 2. The Bertz CT molecular complexity index is 855. The summed E-state index contributed by atoms with van der Waals surface area (Å²) in [4.78, 5) is 25.8. The van der Waals surface area contributed by atoms with Crippen molar-refractivity contribution < 1.29 is 23.5 Å². The van der Waals surface area contributed by atoms with Crippen LogP contribution in [-0.2, 0) is 23.5 Å². The number of methoxy groups -OCH3 is 2. The lowest BCUT2D eigenvalue weighted by Gasteiger charge is -2.39. The molecule has 0 aliphatic carbocycles. The van der Waals surface area contributed by atoms with Crippen molar-refractivity contribution in [3.63, 3.8) is 0 Å². The van der Waals surface area contributed by atoms with Gasteiger partial charge in [-0.05, 0) is 88.9 Å². The fourth-order valence-corrected chi connectivity index (χ4v) is 5.20. The Hall–Kier alpha value is -1.92. The molecule has 0 fully saturated rings. The maximum atomic E-state index is 12.9. The number of esters is 2. The maximum absolute atomic E-state index is 12.9. The van der Waals surface area contributed by atoms with Gasteiger partial charge in [-0.25, -0.2) is 0 Å². The number of rotatable bonds is 16. The van der Waals surface area contributed by atoms with E-state index in [4.69, 9.17) is 13.9 Å². The first-order chi connectivity index (χ1) is 17.5. The molecule has 0 radical (unpaired) electrons. The average molecular weight is 549 g/mol. The topological polar surface area (TPSA) is 61.8 Å². The monoisotopic (exact) mass is 548 g/mol. The Balaban J connectivity index is 5.65. The molecule has 0 aliphatic rings. The minimum Gasteiger partial charge on any atom is -0.468 e. The van der Waals surface area contributed by atoms with Crippen LogP contribution in [-0.4, -0.2) is 40.6 Å². The van der Waals surface area contributed by atoms with Crippen LogP contribution >= 0.6 is 0 Å². The first kappa shape index (κ1) is 36.1. The molecular formula is C32H56O5Si. The minimum atomic E-state index is -1.91. The van der Waals surface area contributed by atoms with Crippen LogP contribution in [0.3, 0.4) is 0 Å². The quantitative estimate of drug-likeness (QED) is 0.0835. The smallest absolute Gasteiger partial charge is 0.323 e. The summed E-state index contributed by atoms with van der Waals surface area (Å²) in [6.45, 7) is 25.7. The van der Waals surface area contributed by atoms with Crippen LogP contribution in [0.1, 0.15) is 93.9 Å². The van der Waals surface area contributed by atoms with E-state index in [2.05, 4.69) is 80.3 Å². The predicted molar refractivity (Wildman–Crippen MR) is 163 cm³/mol. The van der Waals surface area contributed by atoms with Crippen LogP contribution in [0.4, 0.5) is 0 Å². The Morgan fingerprint density at radius 2 is 1.42 bits per heavy atom. The van der Waals surface area contributed by atoms with E-state index in [0.29, 0.717) is 18.8 Å². The highest BCUT2D eigenvalue weighted by atomic mass is 28.4. The van der Waals surface area contributed by atoms with Crippen LogP contribution in [0.2, 0.25) is 18.1 Å². The molecule has 0 saturated carbocycles. The van der Waals surface area contributed by atoms with E-state index >= 15 is 0 Å². The van der Waals surface area contributed by atoms with Crippen molar-refractivity contribution in [2.24, 2.45) is 11.3 Å². The van der Waals surface area contributed by atoms with E-state index in [0.717, 1.165) is 24.8 Å².